The molecule has 0 aliphatic heterocycles. The number of carbonyl (C=O) groups excluding carboxylic acids is 1. The van der Waals surface area contributed by atoms with Gasteiger partial charge in [0.1, 0.15) is 9.84 Å². The van der Waals surface area contributed by atoms with Crippen LogP contribution >= 0.6 is 0 Å². The lowest BCUT2D eigenvalue weighted by molar-refractivity contribution is -0.131. The van der Waals surface area contributed by atoms with Gasteiger partial charge >= 0.3 is 0 Å². The zero-order valence-corrected chi connectivity index (χ0v) is 10.6. The minimum Gasteiger partial charge on any atom is -0.345 e. The highest BCUT2D eigenvalue weighted by molar-refractivity contribution is 7.90. The van der Waals surface area contributed by atoms with Gasteiger partial charge in [0.15, 0.2) is 0 Å². The summed E-state index contributed by atoms with van der Waals surface area (Å²) >= 11 is 0. The summed E-state index contributed by atoms with van der Waals surface area (Å²) in [7, 11) is -1.24. The average molecular weight is 236 g/mol. The largest absolute Gasteiger partial charge is 0.345 e. The van der Waals surface area contributed by atoms with Gasteiger partial charge in [-0.1, -0.05) is 0 Å². The minimum absolute atomic E-state index is 0.0222. The van der Waals surface area contributed by atoms with Crippen LogP contribution in [0.3, 0.4) is 0 Å². The lowest BCUT2D eigenvalue weighted by Gasteiger charge is -2.20. The first-order chi connectivity index (χ1) is 6.78. The topological polar surface area (TPSA) is 66.5 Å². The summed E-state index contributed by atoms with van der Waals surface area (Å²) in [6.45, 7) is 4.58. The van der Waals surface area contributed by atoms with E-state index < -0.39 is 9.84 Å². The van der Waals surface area contributed by atoms with Crippen molar-refractivity contribution >= 4 is 15.7 Å². The van der Waals surface area contributed by atoms with Gasteiger partial charge in [0.05, 0.1) is 11.8 Å². The number of nitrogens with zero attached hydrogens (tertiary/aromatic N) is 1. The van der Waals surface area contributed by atoms with E-state index in [1.54, 1.807) is 18.9 Å². The Bertz CT molecular complexity index is 300. The van der Waals surface area contributed by atoms with Gasteiger partial charge in [-0.15, -0.1) is 0 Å². The predicted octanol–water partition coefficient (Wildman–Crippen LogP) is -0.513. The zero-order valence-electron chi connectivity index (χ0n) is 9.78. The Morgan fingerprint density at radius 3 is 2.40 bits per heavy atom. The lowest BCUT2D eigenvalue weighted by atomic mass is 10.3. The van der Waals surface area contributed by atoms with E-state index in [0.717, 1.165) is 0 Å². The van der Waals surface area contributed by atoms with Crippen LogP contribution in [0.1, 0.15) is 13.8 Å². The highest BCUT2D eigenvalue weighted by Crippen LogP contribution is 1.91. The van der Waals surface area contributed by atoms with Crippen LogP contribution in [0.5, 0.6) is 0 Å². The molecule has 0 rings (SSSR count). The van der Waals surface area contributed by atoms with Crippen molar-refractivity contribution in [3.05, 3.63) is 0 Å². The molecule has 0 aromatic heterocycles. The molecular formula is C9H20N2O3S. The van der Waals surface area contributed by atoms with E-state index in [4.69, 9.17) is 0 Å². The van der Waals surface area contributed by atoms with Crippen molar-refractivity contribution < 1.29 is 13.2 Å². The predicted molar refractivity (Wildman–Crippen MR) is 60.5 cm³/mol. The Labute approximate surface area is 91.8 Å². The molecule has 0 aromatic rings. The van der Waals surface area contributed by atoms with E-state index in [9.17, 15) is 13.2 Å². The first kappa shape index (κ1) is 14.4. The monoisotopic (exact) mass is 236 g/mol. The number of nitrogens with one attached hydrogen (secondary N) is 1. The first-order valence-corrected chi connectivity index (χ1v) is 7.00. The number of rotatable bonds is 6. The van der Waals surface area contributed by atoms with Gasteiger partial charge in [-0.05, 0) is 13.8 Å². The van der Waals surface area contributed by atoms with Crippen molar-refractivity contribution in [2.24, 2.45) is 0 Å². The normalized spacial score (nSPS) is 13.6. The van der Waals surface area contributed by atoms with Crippen LogP contribution in [0.4, 0.5) is 0 Å². The van der Waals surface area contributed by atoms with Crippen LogP contribution in [0.25, 0.3) is 0 Å². The van der Waals surface area contributed by atoms with Gasteiger partial charge in [-0.25, -0.2) is 8.42 Å². The molecule has 0 heterocycles. The molecule has 90 valence electrons. The fourth-order valence-corrected chi connectivity index (χ4v) is 1.52. The molecule has 1 amide bonds. The molecule has 0 aromatic carbocycles. The third-order valence-electron chi connectivity index (χ3n) is 2.14. The Balaban J connectivity index is 3.94. The van der Waals surface area contributed by atoms with Crippen LogP contribution in [0.15, 0.2) is 0 Å². The number of sulfone groups is 1. The van der Waals surface area contributed by atoms with E-state index in [-0.39, 0.29) is 17.7 Å². The standard InChI is InChI=1S/C9H20N2O3S/c1-5-11(3)9(12)8(2)10-6-7-15(4,13)14/h8,10H,5-7H2,1-4H3. The first-order valence-electron chi connectivity index (χ1n) is 4.94. The second-order valence-electron chi connectivity index (χ2n) is 3.66. The van der Waals surface area contributed by atoms with Gasteiger partial charge in [-0.3, -0.25) is 4.79 Å². The fraction of sp³-hybridized carbons (Fsp3) is 0.889. The number of amides is 1. The van der Waals surface area contributed by atoms with Crippen molar-refractivity contribution in [2.45, 2.75) is 19.9 Å². The number of carbonyl (C=O) groups is 1. The van der Waals surface area contributed by atoms with Crippen molar-refractivity contribution in [1.82, 2.24) is 10.2 Å². The van der Waals surface area contributed by atoms with E-state index in [2.05, 4.69) is 5.32 Å². The number of hydrogen-bond donors (Lipinski definition) is 1. The van der Waals surface area contributed by atoms with Crippen molar-refractivity contribution in [1.29, 1.82) is 0 Å². The second kappa shape index (κ2) is 6.07. The van der Waals surface area contributed by atoms with Crippen LogP contribution in [-0.2, 0) is 14.6 Å². The number of hydrogen-bond acceptors (Lipinski definition) is 4. The Morgan fingerprint density at radius 2 is 2.00 bits per heavy atom. The SMILES string of the molecule is CCN(C)C(=O)C(C)NCCS(C)(=O)=O. The second-order valence-corrected chi connectivity index (χ2v) is 5.92. The average Bonchev–Trinajstić information content (AvgIpc) is 2.13. The summed E-state index contributed by atoms with van der Waals surface area (Å²) in [4.78, 5) is 13.1. The fourth-order valence-electron chi connectivity index (χ4n) is 1.03. The molecule has 0 bridgehead atoms. The van der Waals surface area contributed by atoms with Gasteiger partial charge in [0.2, 0.25) is 5.91 Å². The summed E-state index contributed by atoms with van der Waals surface area (Å²) < 4.78 is 21.7. The molecule has 0 radical (unpaired) electrons. The highest BCUT2D eigenvalue weighted by Gasteiger charge is 2.15. The molecule has 1 unspecified atom stereocenters. The van der Waals surface area contributed by atoms with Crippen LogP contribution in [0, 0.1) is 0 Å². The third-order valence-corrected chi connectivity index (χ3v) is 3.09. The molecule has 0 spiro atoms. The molecule has 0 fully saturated rings. The zero-order chi connectivity index (χ0) is 12.1. The Kier molecular flexibility index (Phi) is 5.82. The molecule has 0 saturated heterocycles. The smallest absolute Gasteiger partial charge is 0.239 e. The van der Waals surface area contributed by atoms with Gasteiger partial charge in [-0.2, -0.15) is 0 Å². The lowest BCUT2D eigenvalue weighted by Crippen LogP contribution is -2.44. The molecule has 0 saturated carbocycles. The summed E-state index contributed by atoms with van der Waals surface area (Å²) in [5, 5.41) is 2.88. The molecule has 0 aliphatic carbocycles. The molecule has 1 atom stereocenters. The third kappa shape index (κ3) is 6.46. The Hall–Kier alpha value is -0.620. The molecular weight excluding hydrogens is 216 g/mol. The molecule has 1 N–H and O–H groups in total. The summed E-state index contributed by atoms with van der Waals surface area (Å²) in [6, 6.07) is -0.336. The van der Waals surface area contributed by atoms with Crippen molar-refractivity contribution in [3.8, 4) is 0 Å². The van der Waals surface area contributed by atoms with E-state index in [1.807, 2.05) is 6.92 Å². The van der Waals surface area contributed by atoms with Crippen LogP contribution in [0.2, 0.25) is 0 Å². The van der Waals surface area contributed by atoms with Gasteiger partial charge < -0.3 is 10.2 Å². The van der Waals surface area contributed by atoms with E-state index in [0.29, 0.717) is 13.1 Å². The van der Waals surface area contributed by atoms with Crippen LogP contribution < -0.4 is 5.32 Å². The maximum atomic E-state index is 11.5. The molecule has 0 aliphatic rings. The summed E-state index contributed by atoms with van der Waals surface area (Å²) in [5.41, 5.74) is 0. The maximum Gasteiger partial charge on any atom is 0.239 e. The summed E-state index contributed by atoms with van der Waals surface area (Å²) in [6.07, 6.45) is 1.18. The quantitative estimate of drug-likeness (QED) is 0.674. The van der Waals surface area contributed by atoms with Gasteiger partial charge in [0, 0.05) is 26.4 Å². The maximum absolute atomic E-state index is 11.5. The van der Waals surface area contributed by atoms with E-state index in [1.165, 1.54) is 6.26 Å². The molecule has 5 nitrogen and oxygen atoms in total. The highest BCUT2D eigenvalue weighted by atomic mass is 32.2. The van der Waals surface area contributed by atoms with E-state index >= 15 is 0 Å². The minimum atomic E-state index is -2.96. The molecule has 6 heteroatoms. The Morgan fingerprint density at radius 1 is 1.47 bits per heavy atom. The van der Waals surface area contributed by atoms with Crippen molar-refractivity contribution in [3.63, 3.8) is 0 Å². The van der Waals surface area contributed by atoms with Crippen molar-refractivity contribution in [2.75, 3.05) is 32.1 Å². The van der Waals surface area contributed by atoms with Crippen LogP contribution in [-0.4, -0.2) is 57.4 Å². The molecule has 15 heavy (non-hydrogen) atoms. The summed E-state index contributed by atoms with van der Waals surface area (Å²) in [5.74, 6) is 0.0338. The number of likely N-dealkylation sites (N-methyl/N-ethyl adjacent to an activating group) is 1. The van der Waals surface area contributed by atoms with Gasteiger partial charge in [0.25, 0.3) is 0 Å².